The van der Waals surface area contributed by atoms with Crippen LogP contribution in [0.1, 0.15) is 20.8 Å². The highest BCUT2D eigenvalue weighted by Crippen LogP contribution is 2.26. The first kappa shape index (κ1) is 19.7. The van der Waals surface area contributed by atoms with Crippen molar-refractivity contribution in [1.29, 1.82) is 0 Å². The van der Waals surface area contributed by atoms with Crippen LogP contribution in [0.25, 0.3) is 0 Å². The molecule has 138 valence electrons. The maximum absolute atomic E-state index is 14.0. The largest absolute Gasteiger partial charge is 0.478 e. The molecule has 0 heterocycles. The van der Waals surface area contributed by atoms with Crippen molar-refractivity contribution in [2.24, 2.45) is 0 Å². The lowest BCUT2D eigenvalue weighted by Gasteiger charge is -2.25. The van der Waals surface area contributed by atoms with E-state index in [0.29, 0.717) is 16.8 Å². The summed E-state index contributed by atoms with van der Waals surface area (Å²) in [7, 11) is 0. The molecular weight excluding hydrogens is 366 g/mol. The van der Waals surface area contributed by atoms with Crippen molar-refractivity contribution in [2.75, 3.05) is 10.6 Å². The highest BCUT2D eigenvalue weighted by Gasteiger charge is 2.31. The SMILES string of the molecule is CC(=O)Nc1cc(NC(=O)C(C)(C)Oc2ccc(Cl)cc2)c(F)cc1F. The zero-order chi connectivity index (χ0) is 19.5. The van der Waals surface area contributed by atoms with Crippen LogP contribution >= 0.6 is 11.6 Å². The van der Waals surface area contributed by atoms with Crippen molar-refractivity contribution in [1.82, 2.24) is 0 Å². The number of rotatable bonds is 5. The molecule has 0 fully saturated rings. The number of carbonyl (C=O) groups excluding carboxylic acids is 2. The van der Waals surface area contributed by atoms with Crippen LogP contribution in [0.4, 0.5) is 20.2 Å². The van der Waals surface area contributed by atoms with Gasteiger partial charge in [0.1, 0.15) is 17.4 Å². The van der Waals surface area contributed by atoms with Crippen LogP contribution < -0.4 is 15.4 Å². The summed E-state index contributed by atoms with van der Waals surface area (Å²) >= 11 is 5.80. The maximum Gasteiger partial charge on any atom is 0.268 e. The minimum absolute atomic E-state index is 0.245. The van der Waals surface area contributed by atoms with Gasteiger partial charge in [0.25, 0.3) is 5.91 Å². The molecule has 2 aromatic carbocycles. The molecule has 2 rings (SSSR count). The zero-order valence-electron chi connectivity index (χ0n) is 14.3. The molecule has 0 saturated carbocycles. The molecule has 0 aliphatic rings. The number of hydrogen-bond donors (Lipinski definition) is 2. The van der Waals surface area contributed by atoms with Gasteiger partial charge >= 0.3 is 0 Å². The van der Waals surface area contributed by atoms with Gasteiger partial charge < -0.3 is 15.4 Å². The quantitative estimate of drug-likeness (QED) is 0.806. The van der Waals surface area contributed by atoms with E-state index in [2.05, 4.69) is 10.6 Å². The number of anilines is 2. The molecule has 0 spiro atoms. The first-order valence-corrected chi connectivity index (χ1v) is 7.99. The van der Waals surface area contributed by atoms with E-state index in [9.17, 15) is 18.4 Å². The second-order valence-corrected chi connectivity index (χ2v) is 6.45. The van der Waals surface area contributed by atoms with Gasteiger partial charge in [-0.1, -0.05) is 11.6 Å². The van der Waals surface area contributed by atoms with Crippen LogP contribution in [0.3, 0.4) is 0 Å². The predicted octanol–water partition coefficient (Wildman–Crippen LogP) is 4.37. The molecular formula is C18H17ClF2N2O3. The lowest BCUT2D eigenvalue weighted by Crippen LogP contribution is -2.42. The van der Waals surface area contributed by atoms with E-state index in [0.717, 1.165) is 6.07 Å². The van der Waals surface area contributed by atoms with Gasteiger partial charge in [-0.05, 0) is 44.2 Å². The van der Waals surface area contributed by atoms with Gasteiger partial charge in [-0.25, -0.2) is 8.78 Å². The minimum atomic E-state index is -1.36. The van der Waals surface area contributed by atoms with Gasteiger partial charge in [-0.3, -0.25) is 9.59 Å². The summed E-state index contributed by atoms with van der Waals surface area (Å²) in [5, 5.41) is 5.07. The monoisotopic (exact) mass is 382 g/mol. The van der Waals surface area contributed by atoms with Crippen molar-refractivity contribution >= 4 is 34.8 Å². The molecule has 2 N–H and O–H groups in total. The number of halogens is 3. The van der Waals surface area contributed by atoms with Crippen LogP contribution in [0, 0.1) is 11.6 Å². The third kappa shape index (κ3) is 4.92. The minimum Gasteiger partial charge on any atom is -0.478 e. The van der Waals surface area contributed by atoms with E-state index in [1.54, 1.807) is 24.3 Å². The third-order valence-electron chi connectivity index (χ3n) is 3.35. The molecule has 2 amide bonds. The molecule has 0 aliphatic heterocycles. The standard InChI is InChI=1S/C18H17ClF2N2O3/c1-10(24)22-15-9-16(14(21)8-13(15)20)23-17(25)18(2,3)26-12-6-4-11(19)5-7-12/h4-9H,1-3H3,(H,22,24)(H,23,25). The molecule has 0 unspecified atom stereocenters. The third-order valence-corrected chi connectivity index (χ3v) is 3.60. The topological polar surface area (TPSA) is 67.4 Å². The Morgan fingerprint density at radius 3 is 2.08 bits per heavy atom. The fourth-order valence-corrected chi connectivity index (χ4v) is 2.17. The van der Waals surface area contributed by atoms with Crippen molar-refractivity contribution in [2.45, 2.75) is 26.4 Å². The summed E-state index contributed by atoms with van der Waals surface area (Å²) in [6, 6.07) is 7.96. The second-order valence-electron chi connectivity index (χ2n) is 6.01. The first-order chi connectivity index (χ1) is 12.1. The van der Waals surface area contributed by atoms with Crippen molar-refractivity contribution in [3.63, 3.8) is 0 Å². The smallest absolute Gasteiger partial charge is 0.268 e. The summed E-state index contributed by atoms with van der Waals surface area (Å²) in [6.07, 6.45) is 0. The van der Waals surface area contributed by atoms with E-state index in [-0.39, 0.29) is 11.4 Å². The van der Waals surface area contributed by atoms with E-state index in [1.807, 2.05) is 0 Å². The highest BCUT2D eigenvalue weighted by molar-refractivity contribution is 6.30. The lowest BCUT2D eigenvalue weighted by molar-refractivity contribution is -0.128. The molecule has 0 aromatic heterocycles. The van der Waals surface area contributed by atoms with Crippen LogP contribution in [0.5, 0.6) is 5.75 Å². The molecule has 5 nitrogen and oxygen atoms in total. The van der Waals surface area contributed by atoms with Gasteiger partial charge in [0.2, 0.25) is 5.91 Å². The van der Waals surface area contributed by atoms with Gasteiger partial charge in [0.05, 0.1) is 11.4 Å². The Morgan fingerprint density at radius 2 is 1.54 bits per heavy atom. The van der Waals surface area contributed by atoms with Crippen molar-refractivity contribution < 1.29 is 23.1 Å². The van der Waals surface area contributed by atoms with Gasteiger partial charge in [0.15, 0.2) is 5.60 Å². The van der Waals surface area contributed by atoms with Gasteiger partial charge in [-0.15, -0.1) is 0 Å². The summed E-state index contributed by atoms with van der Waals surface area (Å²) in [5.74, 6) is -2.72. The van der Waals surface area contributed by atoms with Crippen LogP contribution in [0.15, 0.2) is 36.4 Å². The number of nitrogens with one attached hydrogen (secondary N) is 2. The second kappa shape index (κ2) is 7.70. The Balaban J connectivity index is 2.19. The molecule has 0 radical (unpaired) electrons. The summed E-state index contributed by atoms with van der Waals surface area (Å²) in [5.41, 5.74) is -1.89. The Morgan fingerprint density at radius 1 is 1.00 bits per heavy atom. The Bertz CT molecular complexity index is 839. The summed E-state index contributed by atoms with van der Waals surface area (Å²) in [4.78, 5) is 23.5. The van der Waals surface area contributed by atoms with Crippen molar-refractivity contribution in [3.8, 4) is 5.75 Å². The van der Waals surface area contributed by atoms with E-state index >= 15 is 0 Å². The molecule has 0 atom stereocenters. The summed E-state index contributed by atoms with van der Waals surface area (Å²) < 4.78 is 33.3. The molecule has 26 heavy (non-hydrogen) atoms. The number of benzene rings is 2. The fraction of sp³-hybridized carbons (Fsp3) is 0.222. The maximum atomic E-state index is 14.0. The number of amides is 2. The number of ether oxygens (including phenoxy) is 1. The van der Waals surface area contributed by atoms with Crippen LogP contribution in [0.2, 0.25) is 5.02 Å². The Kier molecular flexibility index (Phi) is 5.82. The molecule has 2 aromatic rings. The predicted molar refractivity (Wildman–Crippen MR) is 95.5 cm³/mol. The molecule has 8 heteroatoms. The molecule has 0 bridgehead atoms. The first-order valence-electron chi connectivity index (χ1n) is 7.61. The highest BCUT2D eigenvalue weighted by atomic mass is 35.5. The van der Waals surface area contributed by atoms with E-state index in [1.165, 1.54) is 20.8 Å². The van der Waals surface area contributed by atoms with Crippen LogP contribution in [-0.4, -0.2) is 17.4 Å². The molecule has 0 aliphatic carbocycles. The Labute approximate surface area is 154 Å². The lowest BCUT2D eigenvalue weighted by atomic mass is 10.1. The van der Waals surface area contributed by atoms with Gasteiger partial charge in [-0.2, -0.15) is 0 Å². The average Bonchev–Trinajstić information content (AvgIpc) is 2.53. The summed E-state index contributed by atoms with van der Waals surface area (Å²) in [6.45, 7) is 4.17. The van der Waals surface area contributed by atoms with Gasteiger partial charge in [0, 0.05) is 18.0 Å². The fourth-order valence-electron chi connectivity index (χ4n) is 2.05. The number of carbonyl (C=O) groups is 2. The van der Waals surface area contributed by atoms with Crippen LogP contribution in [-0.2, 0) is 9.59 Å². The average molecular weight is 383 g/mol. The van der Waals surface area contributed by atoms with Crippen molar-refractivity contribution in [3.05, 3.63) is 53.1 Å². The zero-order valence-corrected chi connectivity index (χ0v) is 15.1. The van der Waals surface area contributed by atoms with E-state index < -0.39 is 29.0 Å². The normalized spacial score (nSPS) is 11.0. The Hall–Kier alpha value is -2.67. The number of hydrogen-bond acceptors (Lipinski definition) is 3. The molecule has 0 saturated heterocycles. The van der Waals surface area contributed by atoms with E-state index in [4.69, 9.17) is 16.3 Å².